The topological polar surface area (TPSA) is 42.3 Å². The Morgan fingerprint density at radius 2 is 1.92 bits per heavy atom. The zero-order valence-corrected chi connectivity index (χ0v) is 14.6. The Balaban J connectivity index is 1.96. The quantitative estimate of drug-likeness (QED) is 0.706. The molecule has 0 atom stereocenters. The van der Waals surface area contributed by atoms with E-state index in [1.807, 2.05) is 6.92 Å². The summed E-state index contributed by atoms with van der Waals surface area (Å²) < 4.78 is 40.4. The number of thioether (sulfide) groups is 1. The van der Waals surface area contributed by atoms with Gasteiger partial charge in [0.15, 0.2) is 0 Å². The zero-order valence-electron chi connectivity index (χ0n) is 13.8. The van der Waals surface area contributed by atoms with Crippen LogP contribution in [0.2, 0.25) is 0 Å². The van der Waals surface area contributed by atoms with Crippen molar-refractivity contribution in [2.45, 2.75) is 19.5 Å². The number of halogens is 3. The molecule has 1 aromatic heterocycles. The molecule has 2 heterocycles. The van der Waals surface area contributed by atoms with Gasteiger partial charge in [0.2, 0.25) is 0 Å². The Bertz CT molecular complexity index is 887. The van der Waals surface area contributed by atoms with Crippen molar-refractivity contribution in [1.29, 1.82) is 0 Å². The van der Waals surface area contributed by atoms with Crippen LogP contribution in [0.4, 0.5) is 18.0 Å². The number of aromatic nitrogens is 1. The number of benzene rings is 1. The van der Waals surface area contributed by atoms with E-state index in [1.165, 1.54) is 17.0 Å². The van der Waals surface area contributed by atoms with Crippen molar-refractivity contribution in [3.63, 3.8) is 0 Å². The number of carbonyl (C=O) groups excluding carboxylic acids is 2. The normalized spacial score (nSPS) is 16.8. The largest absolute Gasteiger partial charge is 0.416 e. The number of hydrogen-bond acceptors (Lipinski definition) is 3. The highest BCUT2D eigenvalue weighted by atomic mass is 32.2. The molecule has 136 valence electrons. The highest BCUT2D eigenvalue weighted by Gasteiger charge is 2.34. The van der Waals surface area contributed by atoms with Gasteiger partial charge < -0.3 is 4.57 Å². The van der Waals surface area contributed by atoms with E-state index in [9.17, 15) is 22.8 Å². The lowest BCUT2D eigenvalue weighted by atomic mass is 10.2. The zero-order chi connectivity index (χ0) is 18.9. The summed E-state index contributed by atoms with van der Waals surface area (Å²) in [6.07, 6.45) is -0.642. The number of rotatable bonds is 4. The lowest BCUT2D eigenvalue weighted by Gasteiger charge is -2.11. The molecule has 0 saturated carbocycles. The second-order valence-corrected chi connectivity index (χ2v) is 6.68. The minimum Gasteiger partial charge on any atom is -0.317 e. The molecule has 0 aliphatic carbocycles. The van der Waals surface area contributed by atoms with Crippen molar-refractivity contribution >= 4 is 29.0 Å². The summed E-state index contributed by atoms with van der Waals surface area (Å²) in [4.78, 5) is 25.7. The highest BCUT2D eigenvalue weighted by Crippen LogP contribution is 2.34. The third-order valence-electron chi connectivity index (χ3n) is 3.83. The predicted octanol–water partition coefficient (Wildman–Crippen LogP) is 4.94. The number of amides is 2. The predicted molar refractivity (Wildman–Crippen MR) is 93.7 cm³/mol. The van der Waals surface area contributed by atoms with Gasteiger partial charge in [-0.25, -0.2) is 0 Å². The smallest absolute Gasteiger partial charge is 0.317 e. The summed E-state index contributed by atoms with van der Waals surface area (Å²) in [6.45, 7) is 2.21. The number of carbonyl (C=O) groups is 2. The molecule has 3 rings (SSSR count). The van der Waals surface area contributed by atoms with Crippen LogP contribution < -0.4 is 0 Å². The number of alkyl halides is 3. The van der Waals surface area contributed by atoms with Gasteiger partial charge in [0.25, 0.3) is 11.1 Å². The van der Waals surface area contributed by atoms with Crippen LogP contribution >= 0.6 is 11.8 Å². The molecule has 2 amide bonds. The van der Waals surface area contributed by atoms with Gasteiger partial charge >= 0.3 is 6.18 Å². The molecule has 0 radical (unpaired) electrons. The third-order valence-corrected chi connectivity index (χ3v) is 4.74. The maximum Gasteiger partial charge on any atom is 0.416 e. The van der Waals surface area contributed by atoms with Crippen molar-refractivity contribution in [3.8, 4) is 5.69 Å². The van der Waals surface area contributed by atoms with Crippen LogP contribution in [0.5, 0.6) is 0 Å². The lowest BCUT2D eigenvalue weighted by molar-refractivity contribution is -0.137. The van der Waals surface area contributed by atoms with Crippen LogP contribution in [0.1, 0.15) is 24.6 Å². The van der Waals surface area contributed by atoms with E-state index in [0.29, 0.717) is 24.3 Å². The van der Waals surface area contributed by atoms with Crippen LogP contribution in [0.15, 0.2) is 47.5 Å². The summed E-state index contributed by atoms with van der Waals surface area (Å²) in [5.74, 6) is -0.376. The van der Waals surface area contributed by atoms with Crippen molar-refractivity contribution < 1.29 is 22.8 Å². The molecule has 8 heteroatoms. The molecule has 0 bridgehead atoms. The van der Waals surface area contributed by atoms with Gasteiger partial charge in [0.1, 0.15) is 0 Å². The van der Waals surface area contributed by atoms with Crippen LogP contribution in [-0.2, 0) is 11.0 Å². The second-order valence-electron chi connectivity index (χ2n) is 5.68. The molecule has 26 heavy (non-hydrogen) atoms. The van der Waals surface area contributed by atoms with E-state index in [2.05, 4.69) is 0 Å². The molecular weight excluding hydrogens is 365 g/mol. The minimum atomic E-state index is -4.44. The fourth-order valence-electron chi connectivity index (χ4n) is 2.63. The Kier molecular flexibility index (Phi) is 4.95. The van der Waals surface area contributed by atoms with Crippen molar-refractivity contribution in [1.82, 2.24) is 9.47 Å². The summed E-state index contributed by atoms with van der Waals surface area (Å²) in [5, 5.41) is -0.333. The third kappa shape index (κ3) is 3.55. The molecule has 1 aliphatic heterocycles. The van der Waals surface area contributed by atoms with E-state index in [1.54, 1.807) is 29.0 Å². The molecule has 0 spiro atoms. The Morgan fingerprint density at radius 1 is 1.15 bits per heavy atom. The number of hydrogen-bond donors (Lipinski definition) is 0. The van der Waals surface area contributed by atoms with Gasteiger partial charge in [-0.3, -0.25) is 14.5 Å². The van der Waals surface area contributed by atoms with Crippen molar-refractivity contribution in [2.24, 2.45) is 0 Å². The van der Waals surface area contributed by atoms with Crippen molar-refractivity contribution in [3.05, 3.63) is 58.8 Å². The molecular formula is C18H15F3N2O2S. The first-order chi connectivity index (χ1) is 12.3. The highest BCUT2D eigenvalue weighted by molar-refractivity contribution is 8.18. The SMILES string of the molecule is CCCN1C(=O)S/C(=C/c2cccn2-c2cccc(C(F)(F)F)c2)C1=O. The van der Waals surface area contributed by atoms with E-state index >= 15 is 0 Å². The van der Waals surface area contributed by atoms with Gasteiger partial charge in [-0.2, -0.15) is 13.2 Å². The van der Waals surface area contributed by atoms with E-state index in [4.69, 9.17) is 0 Å². The molecule has 1 aliphatic rings. The molecule has 2 aromatic rings. The molecule has 0 N–H and O–H groups in total. The molecule has 1 saturated heterocycles. The molecule has 1 fully saturated rings. The van der Waals surface area contributed by atoms with Crippen LogP contribution in [0, 0.1) is 0 Å². The first-order valence-electron chi connectivity index (χ1n) is 7.91. The summed E-state index contributed by atoms with van der Waals surface area (Å²) in [7, 11) is 0. The number of imide groups is 1. The maximum absolute atomic E-state index is 12.9. The van der Waals surface area contributed by atoms with Gasteiger partial charge in [-0.15, -0.1) is 0 Å². The fraction of sp³-hybridized carbons (Fsp3) is 0.222. The molecule has 1 aromatic carbocycles. The van der Waals surface area contributed by atoms with E-state index in [-0.39, 0.29) is 16.1 Å². The van der Waals surface area contributed by atoms with Crippen LogP contribution in [0.25, 0.3) is 11.8 Å². The van der Waals surface area contributed by atoms with Crippen molar-refractivity contribution in [2.75, 3.05) is 6.54 Å². The monoisotopic (exact) mass is 380 g/mol. The standard InChI is InChI=1S/C18H15F3N2O2S/c1-2-8-23-16(24)15(26-17(23)25)11-14-7-4-9-22(14)13-6-3-5-12(10-13)18(19,20)21/h3-7,9-11H,2,8H2,1H3/b15-11+. The number of nitrogens with zero attached hydrogens (tertiary/aromatic N) is 2. The Hall–Kier alpha value is -2.48. The molecule has 0 unspecified atom stereocenters. The minimum absolute atomic E-state index is 0.260. The fourth-order valence-corrected chi connectivity index (χ4v) is 3.48. The summed E-state index contributed by atoms with van der Waals surface area (Å²) in [6, 6.07) is 8.27. The summed E-state index contributed by atoms with van der Waals surface area (Å²) in [5.41, 5.74) is 0.0908. The van der Waals surface area contributed by atoms with E-state index < -0.39 is 11.7 Å². The molecule has 4 nitrogen and oxygen atoms in total. The van der Waals surface area contributed by atoms with Gasteiger partial charge in [0, 0.05) is 24.1 Å². The lowest BCUT2D eigenvalue weighted by Crippen LogP contribution is -2.28. The Labute approximate surface area is 152 Å². The first-order valence-corrected chi connectivity index (χ1v) is 8.73. The summed E-state index contributed by atoms with van der Waals surface area (Å²) >= 11 is 0.836. The second kappa shape index (κ2) is 7.03. The van der Waals surface area contributed by atoms with Crippen LogP contribution in [0.3, 0.4) is 0 Å². The average Bonchev–Trinajstić information content (AvgIpc) is 3.15. The first kappa shape index (κ1) is 18.3. The van der Waals surface area contributed by atoms with Gasteiger partial charge in [-0.05, 0) is 54.6 Å². The van der Waals surface area contributed by atoms with Crippen LogP contribution in [-0.4, -0.2) is 27.2 Å². The van der Waals surface area contributed by atoms with E-state index in [0.717, 1.165) is 23.9 Å². The average molecular weight is 380 g/mol. The Morgan fingerprint density at radius 3 is 2.62 bits per heavy atom. The van der Waals surface area contributed by atoms with Gasteiger partial charge in [0.05, 0.1) is 10.5 Å². The van der Waals surface area contributed by atoms with Gasteiger partial charge in [-0.1, -0.05) is 13.0 Å². The maximum atomic E-state index is 12.9.